The number of benzene rings is 2. The molecule has 0 bridgehead atoms. The highest BCUT2D eigenvalue weighted by molar-refractivity contribution is 6.32. The lowest BCUT2D eigenvalue weighted by molar-refractivity contribution is -0.124. The van der Waals surface area contributed by atoms with Gasteiger partial charge in [-0.25, -0.2) is 0 Å². The van der Waals surface area contributed by atoms with Crippen molar-refractivity contribution in [3.05, 3.63) is 59.1 Å². The molecule has 0 aliphatic rings. The predicted octanol–water partition coefficient (Wildman–Crippen LogP) is 3.93. The van der Waals surface area contributed by atoms with Gasteiger partial charge in [-0.3, -0.25) is 4.79 Å². The molecule has 0 N–H and O–H groups in total. The molecule has 2 rings (SSSR count). The van der Waals surface area contributed by atoms with Gasteiger partial charge in [-0.15, -0.1) is 0 Å². The summed E-state index contributed by atoms with van der Waals surface area (Å²) < 4.78 is 5.67. The molecule has 0 radical (unpaired) electrons. The fourth-order valence-corrected chi connectivity index (χ4v) is 2.49. The molecular weight excluding hydrogens is 338 g/mol. The predicted molar refractivity (Wildman–Crippen MR) is 95.3 cm³/mol. The van der Waals surface area contributed by atoms with E-state index in [9.17, 15) is 4.79 Å². The highest BCUT2D eigenvalue weighted by Gasteiger charge is 2.24. The van der Waals surface area contributed by atoms with Crippen molar-refractivity contribution in [1.82, 2.24) is 0 Å². The van der Waals surface area contributed by atoms with Crippen molar-refractivity contribution in [1.29, 1.82) is 10.5 Å². The molecule has 0 saturated carbocycles. The van der Waals surface area contributed by atoms with Crippen LogP contribution in [0.5, 0.6) is 5.75 Å². The summed E-state index contributed by atoms with van der Waals surface area (Å²) in [5, 5.41) is 18.0. The smallest absolute Gasteiger partial charge is 0.267 e. The molecule has 2 aromatic rings. The van der Waals surface area contributed by atoms with Crippen molar-refractivity contribution in [3.63, 3.8) is 0 Å². The monoisotopic (exact) mass is 353 g/mol. The fourth-order valence-electron chi connectivity index (χ4n) is 2.26. The summed E-state index contributed by atoms with van der Waals surface area (Å²) in [5.74, 6) is 0.0525. The number of nitrogens with zero attached hydrogens (tertiary/aromatic N) is 3. The molecule has 5 nitrogen and oxygen atoms in total. The molecule has 126 valence electrons. The van der Waals surface area contributed by atoms with Gasteiger partial charge in [0.1, 0.15) is 5.75 Å². The third kappa shape index (κ3) is 4.73. The molecular formula is C19H16ClN3O2. The first-order valence-electron chi connectivity index (χ1n) is 7.66. The normalized spacial score (nSPS) is 11.0. The Bertz CT molecular complexity index is 825. The molecule has 0 heterocycles. The van der Waals surface area contributed by atoms with Gasteiger partial charge in [0.2, 0.25) is 0 Å². The molecule has 25 heavy (non-hydrogen) atoms. The minimum absolute atomic E-state index is 0.213. The number of amides is 1. The maximum absolute atomic E-state index is 12.8. The van der Waals surface area contributed by atoms with Gasteiger partial charge in [0.05, 0.1) is 29.1 Å². The fraction of sp³-hybridized carbons (Fsp3) is 0.211. The van der Waals surface area contributed by atoms with Crippen LogP contribution in [0, 0.1) is 22.7 Å². The van der Waals surface area contributed by atoms with E-state index in [1.54, 1.807) is 31.2 Å². The minimum atomic E-state index is -0.802. The third-order valence-corrected chi connectivity index (χ3v) is 3.79. The van der Waals surface area contributed by atoms with Crippen LogP contribution in [-0.4, -0.2) is 18.6 Å². The summed E-state index contributed by atoms with van der Waals surface area (Å²) in [7, 11) is 0. The molecule has 0 unspecified atom stereocenters. The SMILES string of the molecule is C[C@@H](Oc1ccc(C#N)cc1Cl)C(=O)N(CCC#N)c1ccccc1. The number of carbonyl (C=O) groups excluding carboxylic acids is 1. The number of hydrogen-bond donors (Lipinski definition) is 0. The first-order chi connectivity index (χ1) is 12.1. The molecule has 1 atom stereocenters. The van der Waals surface area contributed by atoms with E-state index in [1.165, 1.54) is 11.0 Å². The first kappa shape index (κ1) is 18.3. The van der Waals surface area contributed by atoms with Gasteiger partial charge >= 0.3 is 0 Å². The van der Waals surface area contributed by atoms with Crippen molar-refractivity contribution < 1.29 is 9.53 Å². The van der Waals surface area contributed by atoms with Gasteiger partial charge in [0, 0.05) is 12.2 Å². The van der Waals surface area contributed by atoms with E-state index in [2.05, 4.69) is 0 Å². The molecule has 0 aliphatic heterocycles. The van der Waals surface area contributed by atoms with Crippen molar-refractivity contribution in [2.75, 3.05) is 11.4 Å². The largest absolute Gasteiger partial charge is 0.479 e. The summed E-state index contributed by atoms with van der Waals surface area (Å²) in [4.78, 5) is 14.3. The van der Waals surface area contributed by atoms with Crippen molar-refractivity contribution >= 4 is 23.2 Å². The third-order valence-electron chi connectivity index (χ3n) is 3.49. The Morgan fingerprint density at radius 3 is 2.56 bits per heavy atom. The Labute approximate surface area is 151 Å². The quantitative estimate of drug-likeness (QED) is 0.788. The van der Waals surface area contributed by atoms with Gasteiger partial charge in [-0.2, -0.15) is 10.5 Å². The van der Waals surface area contributed by atoms with Crippen LogP contribution in [0.25, 0.3) is 0 Å². The van der Waals surface area contributed by atoms with Crippen molar-refractivity contribution in [3.8, 4) is 17.9 Å². The van der Waals surface area contributed by atoms with Gasteiger partial charge in [-0.1, -0.05) is 29.8 Å². The van der Waals surface area contributed by atoms with Crippen LogP contribution < -0.4 is 9.64 Å². The lowest BCUT2D eigenvalue weighted by Gasteiger charge is -2.25. The van der Waals surface area contributed by atoms with Crippen LogP contribution in [0.4, 0.5) is 5.69 Å². The molecule has 6 heteroatoms. The zero-order valence-corrected chi connectivity index (χ0v) is 14.4. The number of halogens is 1. The summed E-state index contributed by atoms with van der Waals surface area (Å²) in [6.45, 7) is 1.90. The van der Waals surface area contributed by atoms with Crippen molar-refractivity contribution in [2.24, 2.45) is 0 Å². The van der Waals surface area contributed by atoms with Gasteiger partial charge in [-0.05, 0) is 37.3 Å². The molecule has 0 spiro atoms. The molecule has 2 aromatic carbocycles. The molecule has 0 aromatic heterocycles. The zero-order valence-electron chi connectivity index (χ0n) is 13.6. The Balaban J connectivity index is 2.18. The number of nitriles is 2. The van der Waals surface area contributed by atoms with Gasteiger partial charge in [0.15, 0.2) is 6.10 Å². The van der Waals surface area contributed by atoms with E-state index < -0.39 is 6.10 Å². The highest BCUT2D eigenvalue weighted by Crippen LogP contribution is 2.27. The molecule has 1 amide bonds. The van der Waals surface area contributed by atoms with Crippen LogP contribution in [0.3, 0.4) is 0 Å². The lowest BCUT2D eigenvalue weighted by atomic mass is 10.2. The van der Waals surface area contributed by atoms with E-state index >= 15 is 0 Å². The number of anilines is 1. The molecule has 0 fully saturated rings. The van der Waals surface area contributed by atoms with Crippen molar-refractivity contribution in [2.45, 2.75) is 19.4 Å². The van der Waals surface area contributed by atoms with E-state index in [0.717, 1.165) is 0 Å². The summed E-state index contributed by atoms with van der Waals surface area (Å²) in [6.07, 6.45) is -0.588. The number of rotatable bonds is 6. The van der Waals surface area contributed by atoms with Gasteiger partial charge in [0.25, 0.3) is 5.91 Å². The van der Waals surface area contributed by atoms with E-state index in [-0.39, 0.29) is 23.9 Å². The topological polar surface area (TPSA) is 77.1 Å². The number of hydrogen-bond acceptors (Lipinski definition) is 4. The van der Waals surface area contributed by atoms with Crippen LogP contribution in [-0.2, 0) is 4.79 Å². The summed E-state index contributed by atoms with van der Waals surface area (Å²) in [6, 6.07) is 17.8. The average molecular weight is 354 g/mol. The maximum atomic E-state index is 12.8. The lowest BCUT2D eigenvalue weighted by Crippen LogP contribution is -2.41. The van der Waals surface area contributed by atoms with E-state index in [1.807, 2.05) is 30.3 Å². The number of carbonyl (C=O) groups is 1. The maximum Gasteiger partial charge on any atom is 0.267 e. The van der Waals surface area contributed by atoms with Gasteiger partial charge < -0.3 is 9.64 Å². The second-order valence-corrected chi connectivity index (χ2v) is 5.66. The van der Waals surface area contributed by atoms with Crippen LogP contribution in [0.1, 0.15) is 18.9 Å². The van der Waals surface area contributed by atoms with E-state index in [0.29, 0.717) is 17.0 Å². The van der Waals surface area contributed by atoms with Crippen LogP contribution >= 0.6 is 11.6 Å². The first-order valence-corrected chi connectivity index (χ1v) is 8.04. The van der Waals surface area contributed by atoms with Crippen LogP contribution in [0.2, 0.25) is 5.02 Å². The Morgan fingerprint density at radius 2 is 1.96 bits per heavy atom. The van der Waals surface area contributed by atoms with Crippen LogP contribution in [0.15, 0.2) is 48.5 Å². The molecule has 0 saturated heterocycles. The standard InChI is InChI=1S/C19H16ClN3O2/c1-14(25-18-9-8-15(13-22)12-17(18)20)19(24)23(11-5-10-21)16-6-3-2-4-7-16/h2-4,6-9,12,14H,5,11H2,1H3/t14-/m1/s1. The Kier molecular flexibility index (Phi) is 6.39. The zero-order chi connectivity index (χ0) is 18.2. The average Bonchev–Trinajstić information content (AvgIpc) is 2.64. The number of ether oxygens (including phenoxy) is 1. The number of para-hydroxylation sites is 1. The minimum Gasteiger partial charge on any atom is -0.479 e. The Morgan fingerprint density at radius 1 is 1.24 bits per heavy atom. The second kappa shape index (κ2) is 8.73. The highest BCUT2D eigenvalue weighted by atomic mass is 35.5. The Hall–Kier alpha value is -3.02. The summed E-state index contributed by atoms with van der Waals surface area (Å²) in [5.41, 5.74) is 1.11. The molecule has 0 aliphatic carbocycles. The van der Waals surface area contributed by atoms with E-state index in [4.69, 9.17) is 26.9 Å². The summed E-state index contributed by atoms with van der Waals surface area (Å²) >= 11 is 6.09. The second-order valence-electron chi connectivity index (χ2n) is 5.25.